The molecule has 1 atom stereocenters. The molecule has 0 aliphatic rings. The molecule has 1 heterocycles. The van der Waals surface area contributed by atoms with Crippen molar-refractivity contribution in [2.75, 3.05) is 6.54 Å². The Balaban J connectivity index is 2.41. The molecule has 1 aromatic heterocycles. The van der Waals surface area contributed by atoms with Crippen LogP contribution in [0.5, 0.6) is 0 Å². The zero-order chi connectivity index (χ0) is 13.1. The van der Waals surface area contributed by atoms with Crippen LogP contribution in [0.4, 0.5) is 0 Å². The molecular formula is C16H21NS. The van der Waals surface area contributed by atoms with Crippen molar-refractivity contribution in [3.63, 3.8) is 0 Å². The van der Waals surface area contributed by atoms with Crippen molar-refractivity contribution in [3.8, 4) is 0 Å². The zero-order valence-electron chi connectivity index (χ0n) is 11.6. The van der Waals surface area contributed by atoms with Gasteiger partial charge in [-0.3, -0.25) is 0 Å². The van der Waals surface area contributed by atoms with E-state index in [-0.39, 0.29) is 0 Å². The highest BCUT2D eigenvalue weighted by Crippen LogP contribution is 2.28. The fraction of sp³-hybridized carbons (Fsp3) is 0.375. The van der Waals surface area contributed by atoms with E-state index in [1.165, 1.54) is 27.1 Å². The number of hydrogen-bond acceptors (Lipinski definition) is 2. The number of hydrogen-bond donors (Lipinski definition) is 1. The first-order chi connectivity index (χ1) is 8.61. The molecule has 0 spiro atoms. The predicted molar refractivity (Wildman–Crippen MR) is 80.5 cm³/mol. The molecule has 2 heteroatoms. The van der Waals surface area contributed by atoms with Gasteiger partial charge in [-0.25, -0.2) is 0 Å². The average Bonchev–Trinajstić information content (AvgIpc) is 2.73. The lowest BCUT2D eigenvalue weighted by Gasteiger charge is -2.20. The van der Waals surface area contributed by atoms with Gasteiger partial charge in [0, 0.05) is 4.88 Å². The van der Waals surface area contributed by atoms with Gasteiger partial charge >= 0.3 is 0 Å². The summed E-state index contributed by atoms with van der Waals surface area (Å²) in [5, 5.41) is 5.86. The van der Waals surface area contributed by atoms with Gasteiger partial charge in [-0.1, -0.05) is 30.7 Å². The lowest BCUT2D eigenvalue weighted by molar-refractivity contribution is 0.629. The van der Waals surface area contributed by atoms with Gasteiger partial charge in [-0.05, 0) is 55.5 Å². The van der Waals surface area contributed by atoms with Crippen LogP contribution in [-0.2, 0) is 0 Å². The van der Waals surface area contributed by atoms with Gasteiger partial charge in [0.2, 0.25) is 0 Å². The Hall–Kier alpha value is -1.12. The van der Waals surface area contributed by atoms with Crippen molar-refractivity contribution < 1.29 is 0 Å². The molecule has 0 amide bonds. The number of thiophene rings is 1. The summed E-state index contributed by atoms with van der Waals surface area (Å²) >= 11 is 1.82. The van der Waals surface area contributed by atoms with E-state index in [4.69, 9.17) is 0 Å². The number of rotatable bonds is 4. The highest BCUT2D eigenvalue weighted by molar-refractivity contribution is 7.10. The molecule has 96 valence electrons. The van der Waals surface area contributed by atoms with E-state index in [2.05, 4.69) is 62.7 Å². The molecule has 0 aliphatic carbocycles. The fourth-order valence-electron chi connectivity index (χ4n) is 2.38. The third-order valence-electron chi connectivity index (χ3n) is 3.23. The quantitative estimate of drug-likeness (QED) is 0.859. The van der Waals surface area contributed by atoms with E-state index >= 15 is 0 Å². The molecule has 1 aromatic carbocycles. The number of nitrogens with one attached hydrogen (secondary N) is 1. The maximum Gasteiger partial charge on any atom is 0.0587 e. The maximum absolute atomic E-state index is 3.60. The second-order valence-electron chi connectivity index (χ2n) is 4.84. The maximum atomic E-state index is 3.60. The first-order valence-electron chi connectivity index (χ1n) is 6.47. The Morgan fingerprint density at radius 1 is 1.17 bits per heavy atom. The van der Waals surface area contributed by atoms with Gasteiger partial charge in [0.25, 0.3) is 0 Å². The van der Waals surface area contributed by atoms with Crippen LogP contribution in [-0.4, -0.2) is 6.54 Å². The molecular weight excluding hydrogens is 238 g/mol. The summed E-state index contributed by atoms with van der Waals surface area (Å²) < 4.78 is 0. The third kappa shape index (κ3) is 2.82. The van der Waals surface area contributed by atoms with Gasteiger partial charge in [-0.15, -0.1) is 11.3 Å². The molecule has 1 unspecified atom stereocenters. The summed E-state index contributed by atoms with van der Waals surface area (Å²) in [7, 11) is 0. The van der Waals surface area contributed by atoms with Crippen LogP contribution >= 0.6 is 11.3 Å². The van der Waals surface area contributed by atoms with Crippen molar-refractivity contribution in [1.82, 2.24) is 5.32 Å². The zero-order valence-corrected chi connectivity index (χ0v) is 12.4. The summed E-state index contributed by atoms with van der Waals surface area (Å²) in [4.78, 5) is 1.37. The first kappa shape index (κ1) is 13.3. The Labute approximate surface area is 114 Å². The van der Waals surface area contributed by atoms with Crippen LogP contribution < -0.4 is 5.32 Å². The highest BCUT2D eigenvalue weighted by atomic mass is 32.1. The predicted octanol–water partition coefficient (Wildman–Crippen LogP) is 4.37. The monoisotopic (exact) mass is 259 g/mol. The number of aryl methyl sites for hydroxylation is 3. The lowest BCUT2D eigenvalue weighted by atomic mass is 9.95. The minimum Gasteiger partial charge on any atom is -0.306 e. The summed E-state index contributed by atoms with van der Waals surface area (Å²) in [5.74, 6) is 0. The van der Waals surface area contributed by atoms with E-state index in [0.717, 1.165) is 6.54 Å². The molecule has 2 aromatic rings. The summed E-state index contributed by atoms with van der Waals surface area (Å²) in [6.45, 7) is 9.65. The molecule has 2 rings (SSSR count). The van der Waals surface area contributed by atoms with Gasteiger partial charge in [-0.2, -0.15) is 0 Å². The molecule has 0 saturated carbocycles. The Morgan fingerprint density at radius 3 is 2.50 bits per heavy atom. The first-order valence-corrected chi connectivity index (χ1v) is 7.35. The topological polar surface area (TPSA) is 12.0 Å². The molecule has 1 N–H and O–H groups in total. The van der Waals surface area contributed by atoms with Crippen molar-refractivity contribution in [2.45, 2.75) is 33.7 Å². The summed E-state index contributed by atoms with van der Waals surface area (Å²) in [6, 6.07) is 9.33. The van der Waals surface area contributed by atoms with Gasteiger partial charge in [0.15, 0.2) is 0 Å². The van der Waals surface area contributed by atoms with Crippen molar-refractivity contribution >= 4 is 11.3 Å². The van der Waals surface area contributed by atoms with Crippen LogP contribution in [0, 0.1) is 20.8 Å². The van der Waals surface area contributed by atoms with Gasteiger partial charge in [0.05, 0.1) is 6.04 Å². The SMILES string of the molecule is CCNC(c1csc(C)c1)c1ccc(C)cc1C. The Kier molecular flexibility index (Phi) is 4.20. The standard InChI is InChI=1S/C16H21NS/c1-5-17-16(14-9-13(4)18-10-14)15-7-6-11(2)8-12(15)3/h6-10,16-17H,5H2,1-4H3. The molecule has 0 fully saturated rings. The minimum absolute atomic E-state index is 0.320. The van der Waals surface area contributed by atoms with E-state index in [1.807, 2.05) is 11.3 Å². The van der Waals surface area contributed by atoms with Crippen molar-refractivity contribution in [2.24, 2.45) is 0 Å². The average molecular weight is 259 g/mol. The molecule has 0 bridgehead atoms. The molecule has 0 aliphatic heterocycles. The van der Waals surface area contributed by atoms with Gasteiger partial charge < -0.3 is 5.32 Å². The van der Waals surface area contributed by atoms with Gasteiger partial charge in [0.1, 0.15) is 0 Å². The molecule has 18 heavy (non-hydrogen) atoms. The molecule has 1 nitrogen and oxygen atoms in total. The fourth-order valence-corrected chi connectivity index (χ4v) is 3.11. The highest BCUT2D eigenvalue weighted by Gasteiger charge is 2.16. The van der Waals surface area contributed by atoms with Crippen LogP contribution in [0.15, 0.2) is 29.6 Å². The van der Waals surface area contributed by atoms with Crippen molar-refractivity contribution in [3.05, 3.63) is 56.8 Å². The van der Waals surface area contributed by atoms with E-state index < -0.39 is 0 Å². The minimum atomic E-state index is 0.320. The second kappa shape index (κ2) is 5.68. The smallest absolute Gasteiger partial charge is 0.0587 e. The van der Waals surface area contributed by atoms with Crippen molar-refractivity contribution in [1.29, 1.82) is 0 Å². The lowest BCUT2D eigenvalue weighted by Crippen LogP contribution is -2.22. The Bertz CT molecular complexity index is 528. The van der Waals surface area contributed by atoms with Crippen LogP contribution in [0.1, 0.15) is 40.1 Å². The molecule has 0 radical (unpaired) electrons. The van der Waals surface area contributed by atoms with Crippen LogP contribution in [0.2, 0.25) is 0 Å². The Morgan fingerprint density at radius 2 is 1.94 bits per heavy atom. The largest absolute Gasteiger partial charge is 0.306 e. The third-order valence-corrected chi connectivity index (χ3v) is 4.11. The summed E-state index contributed by atoms with van der Waals surface area (Å²) in [6.07, 6.45) is 0. The van der Waals surface area contributed by atoms with Crippen LogP contribution in [0.25, 0.3) is 0 Å². The van der Waals surface area contributed by atoms with E-state index in [0.29, 0.717) is 6.04 Å². The second-order valence-corrected chi connectivity index (χ2v) is 5.96. The van der Waals surface area contributed by atoms with E-state index in [9.17, 15) is 0 Å². The van der Waals surface area contributed by atoms with Crippen LogP contribution in [0.3, 0.4) is 0 Å². The normalized spacial score (nSPS) is 12.7. The van der Waals surface area contributed by atoms with E-state index in [1.54, 1.807) is 0 Å². The molecule has 0 saturated heterocycles. The number of benzene rings is 1. The summed E-state index contributed by atoms with van der Waals surface area (Å²) in [5.41, 5.74) is 5.46.